The van der Waals surface area contributed by atoms with E-state index in [0.717, 1.165) is 30.9 Å². The van der Waals surface area contributed by atoms with E-state index in [2.05, 4.69) is 58.7 Å². The molecule has 142 valence electrons. The van der Waals surface area contributed by atoms with Gasteiger partial charge in [0, 0.05) is 24.3 Å². The van der Waals surface area contributed by atoms with Crippen LogP contribution in [0.3, 0.4) is 0 Å². The maximum absolute atomic E-state index is 5.29. The predicted octanol–water partition coefficient (Wildman–Crippen LogP) is 3.78. The molecule has 1 unspecified atom stereocenters. The number of aryl methyl sites for hydroxylation is 1. The molecule has 0 fully saturated rings. The smallest absolute Gasteiger partial charge is 0.218 e. The van der Waals surface area contributed by atoms with Gasteiger partial charge in [0.15, 0.2) is 5.96 Å². The summed E-state index contributed by atoms with van der Waals surface area (Å²) in [5, 5.41) is 6.77. The second-order valence-electron chi connectivity index (χ2n) is 5.94. The van der Waals surface area contributed by atoms with Crippen molar-refractivity contribution in [1.29, 1.82) is 0 Å². The van der Waals surface area contributed by atoms with E-state index in [1.165, 1.54) is 5.56 Å². The van der Waals surface area contributed by atoms with Crippen molar-refractivity contribution in [3.63, 3.8) is 0 Å². The Morgan fingerprint density at radius 3 is 2.65 bits per heavy atom. The van der Waals surface area contributed by atoms with E-state index >= 15 is 0 Å². The number of methoxy groups -OCH3 is 1. The molecule has 2 rings (SSSR count). The van der Waals surface area contributed by atoms with Gasteiger partial charge in [-0.05, 0) is 38.3 Å². The molecule has 5 nitrogen and oxygen atoms in total. The number of halogens is 1. The first-order chi connectivity index (χ1) is 12.2. The first-order valence-corrected chi connectivity index (χ1v) is 8.79. The third-order valence-electron chi connectivity index (χ3n) is 3.89. The summed E-state index contributed by atoms with van der Waals surface area (Å²) in [5.74, 6) is 1.44. The number of nitrogens with zero attached hydrogens (tertiary/aromatic N) is 2. The van der Waals surface area contributed by atoms with Crippen LogP contribution in [0.2, 0.25) is 0 Å². The van der Waals surface area contributed by atoms with Gasteiger partial charge >= 0.3 is 0 Å². The van der Waals surface area contributed by atoms with Crippen LogP contribution in [0.4, 0.5) is 0 Å². The molecule has 1 heterocycles. The molecular formula is C20H29IN4O. The second kappa shape index (κ2) is 12.5. The van der Waals surface area contributed by atoms with Crippen LogP contribution in [0.25, 0.3) is 0 Å². The van der Waals surface area contributed by atoms with Crippen LogP contribution in [0, 0.1) is 0 Å². The van der Waals surface area contributed by atoms with Crippen molar-refractivity contribution < 1.29 is 4.74 Å². The summed E-state index contributed by atoms with van der Waals surface area (Å²) < 4.78 is 5.29. The van der Waals surface area contributed by atoms with E-state index in [0.29, 0.717) is 18.5 Å². The molecule has 0 saturated carbocycles. The fourth-order valence-electron chi connectivity index (χ4n) is 2.55. The lowest BCUT2D eigenvalue weighted by Gasteiger charge is -2.18. The van der Waals surface area contributed by atoms with E-state index in [4.69, 9.17) is 4.74 Å². The fraction of sp³-hybridized carbons (Fsp3) is 0.400. The highest BCUT2D eigenvalue weighted by Gasteiger charge is 2.07. The Bertz CT molecular complexity index is 664. The average Bonchev–Trinajstić information content (AvgIpc) is 2.65. The zero-order valence-corrected chi connectivity index (χ0v) is 18.1. The van der Waals surface area contributed by atoms with Gasteiger partial charge in [0.25, 0.3) is 0 Å². The maximum Gasteiger partial charge on any atom is 0.218 e. The van der Waals surface area contributed by atoms with Crippen LogP contribution >= 0.6 is 24.0 Å². The summed E-state index contributed by atoms with van der Waals surface area (Å²) in [5.41, 5.74) is 2.33. The van der Waals surface area contributed by atoms with Gasteiger partial charge in [0.1, 0.15) is 0 Å². The summed E-state index contributed by atoms with van der Waals surface area (Å²) in [4.78, 5) is 8.87. The van der Waals surface area contributed by atoms with Crippen LogP contribution in [-0.2, 0) is 13.0 Å². The third kappa shape index (κ3) is 7.59. The number of aliphatic imine (C=N–C) groups is 1. The number of guanidine groups is 1. The maximum atomic E-state index is 5.29. The van der Waals surface area contributed by atoms with Gasteiger partial charge in [0.05, 0.1) is 13.7 Å². The molecule has 0 bridgehead atoms. The van der Waals surface area contributed by atoms with Crippen molar-refractivity contribution in [1.82, 2.24) is 15.6 Å². The van der Waals surface area contributed by atoms with E-state index in [9.17, 15) is 0 Å². The van der Waals surface area contributed by atoms with Gasteiger partial charge in [-0.15, -0.1) is 24.0 Å². The Hall–Kier alpha value is -1.83. The van der Waals surface area contributed by atoms with Gasteiger partial charge < -0.3 is 15.4 Å². The number of hydrogen-bond donors (Lipinski definition) is 2. The molecule has 6 heteroatoms. The zero-order valence-electron chi connectivity index (χ0n) is 15.7. The summed E-state index contributed by atoms with van der Waals surface area (Å²) in [6, 6.07) is 14.8. The minimum absolute atomic E-state index is 0. The number of benzene rings is 1. The molecule has 1 aromatic heterocycles. The van der Waals surface area contributed by atoms with Gasteiger partial charge in [-0.3, -0.25) is 0 Å². The van der Waals surface area contributed by atoms with Crippen LogP contribution < -0.4 is 15.4 Å². The molecule has 0 spiro atoms. The van der Waals surface area contributed by atoms with Crippen LogP contribution in [0.1, 0.15) is 31.4 Å². The van der Waals surface area contributed by atoms with Crippen molar-refractivity contribution in [2.45, 2.75) is 39.3 Å². The molecule has 0 aliphatic heterocycles. The minimum atomic E-state index is 0. The predicted molar refractivity (Wildman–Crippen MR) is 118 cm³/mol. The number of ether oxygens (including phenoxy) is 1. The first kappa shape index (κ1) is 22.2. The Balaban J connectivity index is 0.00000338. The molecule has 0 aliphatic carbocycles. The molecule has 2 N–H and O–H groups in total. The van der Waals surface area contributed by atoms with Gasteiger partial charge in [-0.25, -0.2) is 9.98 Å². The molecule has 0 amide bonds. The number of hydrogen-bond acceptors (Lipinski definition) is 3. The SMILES string of the molecule is CCNC(=NCc1cccnc1OC)NC(C)CCc1ccccc1.I. The van der Waals surface area contributed by atoms with Crippen LogP contribution in [0.5, 0.6) is 5.88 Å². The Kier molecular flexibility index (Phi) is 10.7. The Morgan fingerprint density at radius 2 is 1.96 bits per heavy atom. The molecule has 26 heavy (non-hydrogen) atoms. The number of aromatic nitrogens is 1. The fourth-order valence-corrected chi connectivity index (χ4v) is 2.55. The lowest BCUT2D eigenvalue weighted by Crippen LogP contribution is -2.42. The van der Waals surface area contributed by atoms with Crippen molar-refractivity contribution in [2.24, 2.45) is 4.99 Å². The van der Waals surface area contributed by atoms with E-state index in [-0.39, 0.29) is 24.0 Å². The molecular weight excluding hydrogens is 439 g/mol. The van der Waals surface area contributed by atoms with E-state index in [1.807, 2.05) is 18.2 Å². The monoisotopic (exact) mass is 468 g/mol. The number of pyridine rings is 1. The highest BCUT2D eigenvalue weighted by molar-refractivity contribution is 14.0. The van der Waals surface area contributed by atoms with Crippen molar-refractivity contribution in [2.75, 3.05) is 13.7 Å². The minimum Gasteiger partial charge on any atom is -0.481 e. The second-order valence-corrected chi connectivity index (χ2v) is 5.94. The lowest BCUT2D eigenvalue weighted by atomic mass is 10.1. The summed E-state index contributed by atoms with van der Waals surface area (Å²) in [6.45, 7) is 5.59. The highest BCUT2D eigenvalue weighted by atomic mass is 127. The number of nitrogens with one attached hydrogen (secondary N) is 2. The normalized spacial score (nSPS) is 12.0. The first-order valence-electron chi connectivity index (χ1n) is 8.79. The topological polar surface area (TPSA) is 58.5 Å². The zero-order chi connectivity index (χ0) is 17.9. The van der Waals surface area contributed by atoms with Gasteiger partial charge in [0.2, 0.25) is 5.88 Å². The highest BCUT2D eigenvalue weighted by Crippen LogP contribution is 2.14. The van der Waals surface area contributed by atoms with Crippen LogP contribution in [-0.4, -0.2) is 30.6 Å². The largest absolute Gasteiger partial charge is 0.481 e. The number of rotatable bonds is 8. The van der Waals surface area contributed by atoms with Crippen molar-refractivity contribution in [3.05, 3.63) is 59.8 Å². The van der Waals surface area contributed by atoms with Crippen molar-refractivity contribution >= 4 is 29.9 Å². The molecule has 2 aromatic rings. The van der Waals surface area contributed by atoms with Crippen molar-refractivity contribution in [3.8, 4) is 5.88 Å². The Morgan fingerprint density at radius 1 is 1.19 bits per heavy atom. The van der Waals surface area contributed by atoms with Crippen LogP contribution in [0.15, 0.2) is 53.7 Å². The molecule has 1 aromatic carbocycles. The van der Waals surface area contributed by atoms with E-state index in [1.54, 1.807) is 13.3 Å². The summed E-state index contributed by atoms with van der Waals surface area (Å²) in [6.07, 6.45) is 3.82. The molecule has 0 saturated heterocycles. The molecule has 0 aliphatic rings. The summed E-state index contributed by atoms with van der Waals surface area (Å²) in [7, 11) is 1.63. The molecule has 1 atom stereocenters. The third-order valence-corrected chi connectivity index (χ3v) is 3.89. The average molecular weight is 468 g/mol. The Labute approximate surface area is 173 Å². The quantitative estimate of drug-likeness (QED) is 0.352. The lowest BCUT2D eigenvalue weighted by molar-refractivity contribution is 0.392. The molecule has 0 radical (unpaired) electrons. The standard InChI is InChI=1S/C20H28N4O.HI/c1-4-21-20(23-15-18-11-8-14-22-19(18)25-3)24-16(2)12-13-17-9-6-5-7-10-17;/h5-11,14,16H,4,12-13,15H2,1-3H3,(H2,21,23,24);1H. The van der Waals surface area contributed by atoms with E-state index < -0.39 is 0 Å². The van der Waals surface area contributed by atoms with Gasteiger partial charge in [-0.1, -0.05) is 36.4 Å². The summed E-state index contributed by atoms with van der Waals surface area (Å²) >= 11 is 0. The van der Waals surface area contributed by atoms with Gasteiger partial charge in [-0.2, -0.15) is 0 Å².